The van der Waals surface area contributed by atoms with E-state index in [0.717, 1.165) is 11.0 Å². The zero-order valence-corrected chi connectivity index (χ0v) is 12.0. The Morgan fingerprint density at radius 2 is 1.28 bits per heavy atom. The number of aromatic nitrogens is 1. The van der Waals surface area contributed by atoms with Crippen molar-refractivity contribution in [2.24, 2.45) is 0 Å². The summed E-state index contributed by atoms with van der Waals surface area (Å²) in [6, 6.07) is 16.6. The standard InChI is InChI=1S/C14H11N.C2H7P/c1-10-11-6-2-4-8-13(11)15-14-9-5-3-7-12(10)14;1-2-3/h2-9H,1H3;2-3H2,1H3. The van der Waals surface area contributed by atoms with Crippen LogP contribution in [0.1, 0.15) is 12.5 Å². The van der Waals surface area contributed by atoms with Crippen LogP contribution in [0.25, 0.3) is 21.8 Å². The van der Waals surface area contributed by atoms with Crippen molar-refractivity contribution < 1.29 is 0 Å². The predicted octanol–water partition coefficient (Wildman–Crippen LogP) is 4.58. The van der Waals surface area contributed by atoms with Crippen LogP contribution in [-0.4, -0.2) is 11.1 Å². The van der Waals surface area contributed by atoms with Gasteiger partial charge < -0.3 is 0 Å². The van der Waals surface area contributed by atoms with Crippen LogP contribution < -0.4 is 0 Å². The lowest BCUT2D eigenvalue weighted by molar-refractivity contribution is 1.45. The molecule has 0 aliphatic carbocycles. The first-order chi connectivity index (χ1) is 8.77. The van der Waals surface area contributed by atoms with Gasteiger partial charge in [0.15, 0.2) is 0 Å². The lowest BCUT2D eigenvalue weighted by Gasteiger charge is -2.05. The molecule has 1 aromatic heterocycles. The van der Waals surface area contributed by atoms with Gasteiger partial charge in [0.1, 0.15) is 0 Å². The van der Waals surface area contributed by atoms with E-state index in [1.165, 1.54) is 22.5 Å². The lowest BCUT2D eigenvalue weighted by Crippen LogP contribution is -1.86. The number of rotatable bonds is 0. The molecule has 1 unspecified atom stereocenters. The first kappa shape index (κ1) is 13.0. The number of nitrogens with zero attached hydrogens (tertiary/aromatic N) is 1. The van der Waals surface area contributed by atoms with E-state index in [9.17, 15) is 0 Å². The van der Waals surface area contributed by atoms with Crippen molar-refractivity contribution in [1.29, 1.82) is 0 Å². The van der Waals surface area contributed by atoms with Gasteiger partial charge in [-0.15, -0.1) is 9.24 Å². The average Bonchev–Trinajstić information content (AvgIpc) is 2.40. The Morgan fingerprint density at radius 1 is 0.889 bits per heavy atom. The molecule has 0 aliphatic rings. The summed E-state index contributed by atoms with van der Waals surface area (Å²) >= 11 is 0. The molecule has 0 aliphatic heterocycles. The van der Waals surface area contributed by atoms with Gasteiger partial charge in [-0.05, 0) is 30.8 Å². The first-order valence-electron chi connectivity index (χ1n) is 6.22. The SMILES string of the molecule is CCP.Cc1c2ccccc2nc2ccccc12. The van der Waals surface area contributed by atoms with Gasteiger partial charge in [-0.3, -0.25) is 0 Å². The predicted molar refractivity (Wildman–Crippen MR) is 84.2 cm³/mol. The Kier molecular flexibility index (Phi) is 4.28. The maximum atomic E-state index is 4.64. The van der Waals surface area contributed by atoms with Crippen molar-refractivity contribution in [3.8, 4) is 0 Å². The molecule has 0 bridgehead atoms. The smallest absolute Gasteiger partial charge is 0.0712 e. The summed E-state index contributed by atoms with van der Waals surface area (Å²) in [5.74, 6) is 0. The second kappa shape index (κ2) is 5.93. The third-order valence-electron chi connectivity index (χ3n) is 2.86. The van der Waals surface area contributed by atoms with Crippen molar-refractivity contribution in [3.05, 3.63) is 54.1 Å². The molecule has 0 saturated heterocycles. The highest BCUT2D eigenvalue weighted by molar-refractivity contribution is 7.16. The molecule has 1 atom stereocenters. The number of benzene rings is 2. The van der Waals surface area contributed by atoms with E-state index in [4.69, 9.17) is 0 Å². The van der Waals surface area contributed by atoms with E-state index in [2.05, 4.69) is 64.5 Å². The number of para-hydroxylation sites is 2. The molecular weight excluding hydrogens is 237 g/mol. The summed E-state index contributed by atoms with van der Waals surface area (Å²) in [5, 5.41) is 2.49. The van der Waals surface area contributed by atoms with E-state index >= 15 is 0 Å². The third-order valence-corrected chi connectivity index (χ3v) is 2.86. The van der Waals surface area contributed by atoms with Gasteiger partial charge in [-0.1, -0.05) is 43.3 Å². The van der Waals surface area contributed by atoms with Crippen molar-refractivity contribution >= 4 is 31.0 Å². The van der Waals surface area contributed by atoms with Crippen LogP contribution in [0.2, 0.25) is 0 Å². The van der Waals surface area contributed by atoms with Crippen LogP contribution in [0.5, 0.6) is 0 Å². The average molecular weight is 255 g/mol. The normalized spacial score (nSPS) is 10.2. The number of pyridine rings is 1. The molecule has 0 amide bonds. The second-order valence-electron chi connectivity index (χ2n) is 4.18. The van der Waals surface area contributed by atoms with Gasteiger partial charge in [0.25, 0.3) is 0 Å². The minimum Gasteiger partial charge on any atom is -0.248 e. The quantitative estimate of drug-likeness (QED) is 0.423. The molecule has 0 saturated carbocycles. The van der Waals surface area contributed by atoms with Gasteiger partial charge in [0, 0.05) is 10.8 Å². The van der Waals surface area contributed by atoms with Gasteiger partial charge in [0.2, 0.25) is 0 Å². The molecule has 1 nitrogen and oxygen atoms in total. The molecule has 1 heterocycles. The zero-order valence-electron chi connectivity index (χ0n) is 10.9. The first-order valence-corrected chi connectivity index (χ1v) is 7.03. The van der Waals surface area contributed by atoms with E-state index < -0.39 is 0 Å². The summed E-state index contributed by atoms with van der Waals surface area (Å²) in [5.41, 5.74) is 3.47. The topological polar surface area (TPSA) is 12.9 Å². The van der Waals surface area contributed by atoms with Crippen LogP contribution >= 0.6 is 9.24 Å². The van der Waals surface area contributed by atoms with E-state index in [0.29, 0.717) is 0 Å². The van der Waals surface area contributed by atoms with E-state index in [1.807, 2.05) is 12.1 Å². The molecule has 3 aromatic rings. The molecule has 2 heteroatoms. The maximum absolute atomic E-state index is 4.64. The zero-order chi connectivity index (χ0) is 13.0. The molecule has 18 heavy (non-hydrogen) atoms. The van der Waals surface area contributed by atoms with Crippen molar-refractivity contribution in [2.75, 3.05) is 6.16 Å². The summed E-state index contributed by atoms with van der Waals surface area (Å²) < 4.78 is 0. The number of fused-ring (bicyclic) bond motifs is 2. The summed E-state index contributed by atoms with van der Waals surface area (Å²) in [4.78, 5) is 4.64. The second-order valence-corrected chi connectivity index (χ2v) is 5.00. The van der Waals surface area contributed by atoms with Crippen molar-refractivity contribution in [2.45, 2.75) is 13.8 Å². The maximum Gasteiger partial charge on any atom is 0.0712 e. The Morgan fingerprint density at radius 3 is 1.72 bits per heavy atom. The molecule has 92 valence electrons. The minimum atomic E-state index is 1.08. The van der Waals surface area contributed by atoms with Crippen molar-refractivity contribution in [3.63, 3.8) is 0 Å². The molecule has 0 radical (unpaired) electrons. The Balaban J connectivity index is 0.000000367. The third kappa shape index (κ3) is 2.52. The molecule has 0 spiro atoms. The molecule has 2 aromatic carbocycles. The Hall–Kier alpha value is -1.46. The summed E-state index contributed by atoms with van der Waals surface area (Å²) in [6.07, 6.45) is 1.17. The largest absolute Gasteiger partial charge is 0.248 e. The van der Waals surface area contributed by atoms with Crippen LogP contribution in [0.3, 0.4) is 0 Å². The lowest BCUT2D eigenvalue weighted by atomic mass is 10.0. The molecule has 3 rings (SSSR count). The van der Waals surface area contributed by atoms with Crippen LogP contribution in [-0.2, 0) is 0 Å². The van der Waals surface area contributed by atoms with E-state index in [-0.39, 0.29) is 0 Å². The van der Waals surface area contributed by atoms with Crippen molar-refractivity contribution in [1.82, 2.24) is 4.98 Å². The number of aryl methyl sites for hydroxylation is 1. The van der Waals surface area contributed by atoms with Crippen LogP contribution in [0.4, 0.5) is 0 Å². The Bertz CT molecular complexity index is 607. The van der Waals surface area contributed by atoms with E-state index in [1.54, 1.807) is 0 Å². The summed E-state index contributed by atoms with van der Waals surface area (Å²) in [7, 11) is 2.58. The summed E-state index contributed by atoms with van der Waals surface area (Å²) in [6.45, 7) is 4.25. The minimum absolute atomic E-state index is 1.08. The molecule has 0 N–H and O–H groups in total. The molecule has 0 fully saturated rings. The van der Waals surface area contributed by atoms with Crippen LogP contribution in [0, 0.1) is 6.92 Å². The monoisotopic (exact) mass is 255 g/mol. The fourth-order valence-corrected chi connectivity index (χ4v) is 2.05. The van der Waals surface area contributed by atoms with Gasteiger partial charge in [0.05, 0.1) is 11.0 Å². The number of hydrogen-bond acceptors (Lipinski definition) is 1. The highest BCUT2D eigenvalue weighted by Gasteiger charge is 2.03. The number of hydrogen-bond donors (Lipinski definition) is 0. The highest BCUT2D eigenvalue weighted by Crippen LogP contribution is 2.24. The van der Waals surface area contributed by atoms with Gasteiger partial charge in [-0.2, -0.15) is 0 Å². The molecular formula is C16H18NP. The fourth-order valence-electron chi connectivity index (χ4n) is 2.05. The van der Waals surface area contributed by atoms with Gasteiger partial charge >= 0.3 is 0 Å². The highest BCUT2D eigenvalue weighted by atomic mass is 31.0. The fraction of sp³-hybridized carbons (Fsp3) is 0.188. The van der Waals surface area contributed by atoms with Crippen LogP contribution in [0.15, 0.2) is 48.5 Å². The Labute approximate surface area is 110 Å². The van der Waals surface area contributed by atoms with Gasteiger partial charge in [-0.25, -0.2) is 4.98 Å².